The van der Waals surface area contributed by atoms with Crippen molar-refractivity contribution in [3.05, 3.63) is 22.7 Å². The quantitative estimate of drug-likeness (QED) is 0.714. The van der Waals surface area contributed by atoms with Crippen LogP contribution in [0.25, 0.3) is 0 Å². The number of aryl methyl sites for hydroxylation is 1. The Labute approximate surface area is 129 Å². The number of nitrogens with two attached hydrogens (primary N) is 1. The number of rotatable bonds is 4. The van der Waals surface area contributed by atoms with Crippen LogP contribution in [-0.4, -0.2) is 38.9 Å². The lowest BCUT2D eigenvalue weighted by atomic mass is 9.95. The molecular formula is C13H19ClN2O4S. The van der Waals surface area contributed by atoms with Crippen molar-refractivity contribution in [1.29, 1.82) is 0 Å². The van der Waals surface area contributed by atoms with Crippen LogP contribution in [0.5, 0.6) is 0 Å². The summed E-state index contributed by atoms with van der Waals surface area (Å²) in [5, 5.41) is 10.6. The Balaban J connectivity index is 2.17. The number of ether oxygens (including phenoxy) is 1. The second kappa shape index (κ2) is 6.10. The first-order chi connectivity index (χ1) is 9.73. The van der Waals surface area contributed by atoms with E-state index >= 15 is 0 Å². The van der Waals surface area contributed by atoms with Crippen molar-refractivity contribution in [2.75, 3.05) is 25.5 Å². The van der Waals surface area contributed by atoms with Gasteiger partial charge in [0.05, 0.1) is 21.2 Å². The third-order valence-corrected chi connectivity index (χ3v) is 5.47. The molecule has 1 aliphatic heterocycles. The smallest absolute Gasteiger partial charge is 0.241 e. The Morgan fingerprint density at radius 2 is 2.05 bits per heavy atom. The molecule has 0 bridgehead atoms. The van der Waals surface area contributed by atoms with Crippen LogP contribution in [0.4, 0.5) is 5.69 Å². The maximum atomic E-state index is 12.3. The highest BCUT2D eigenvalue weighted by atomic mass is 35.5. The first-order valence-electron chi connectivity index (χ1n) is 6.59. The Hall–Kier alpha value is -0.860. The molecule has 6 nitrogen and oxygen atoms in total. The Morgan fingerprint density at radius 3 is 2.67 bits per heavy atom. The summed E-state index contributed by atoms with van der Waals surface area (Å²) in [5.41, 5.74) is 5.29. The summed E-state index contributed by atoms with van der Waals surface area (Å²) < 4.78 is 32.3. The van der Waals surface area contributed by atoms with Gasteiger partial charge in [-0.1, -0.05) is 11.6 Å². The fourth-order valence-electron chi connectivity index (χ4n) is 2.19. The second-order valence-corrected chi connectivity index (χ2v) is 7.44. The fourth-order valence-corrected chi connectivity index (χ4v) is 3.79. The number of nitrogens with one attached hydrogen (secondary N) is 1. The molecule has 2 rings (SSSR count). The van der Waals surface area contributed by atoms with Crippen molar-refractivity contribution >= 4 is 27.3 Å². The molecular weight excluding hydrogens is 316 g/mol. The van der Waals surface area contributed by atoms with Crippen LogP contribution < -0.4 is 10.5 Å². The molecule has 1 heterocycles. The number of hydrogen-bond donors (Lipinski definition) is 3. The SMILES string of the molecule is Cc1cc(Cl)c(N)cc1S(=O)(=O)NCC1(O)CCOCC1. The minimum Gasteiger partial charge on any atom is -0.397 e. The normalized spacial score (nSPS) is 18.6. The van der Waals surface area contributed by atoms with Crippen molar-refractivity contribution < 1.29 is 18.3 Å². The van der Waals surface area contributed by atoms with Crippen molar-refractivity contribution in [3.63, 3.8) is 0 Å². The topological polar surface area (TPSA) is 102 Å². The van der Waals surface area contributed by atoms with Gasteiger partial charge in [0.1, 0.15) is 0 Å². The van der Waals surface area contributed by atoms with Gasteiger partial charge in [0.2, 0.25) is 10.0 Å². The largest absolute Gasteiger partial charge is 0.397 e. The van der Waals surface area contributed by atoms with E-state index in [2.05, 4.69) is 4.72 Å². The van der Waals surface area contributed by atoms with E-state index in [1.807, 2.05) is 0 Å². The van der Waals surface area contributed by atoms with Gasteiger partial charge in [-0.3, -0.25) is 0 Å². The summed E-state index contributed by atoms with van der Waals surface area (Å²) in [6.07, 6.45) is 0.800. The molecule has 0 aromatic heterocycles. The van der Waals surface area contributed by atoms with Gasteiger partial charge in [0.25, 0.3) is 0 Å². The first-order valence-corrected chi connectivity index (χ1v) is 8.45. The molecule has 1 saturated heterocycles. The van der Waals surface area contributed by atoms with E-state index in [0.717, 1.165) is 0 Å². The van der Waals surface area contributed by atoms with Crippen LogP contribution in [0.15, 0.2) is 17.0 Å². The Morgan fingerprint density at radius 1 is 1.43 bits per heavy atom. The standard InChI is InChI=1S/C13H19ClN2O4S/c1-9-6-10(14)11(15)7-12(9)21(18,19)16-8-13(17)2-4-20-5-3-13/h6-7,16-17H,2-5,8,15H2,1H3. The number of nitrogen functional groups attached to an aromatic ring is 1. The predicted molar refractivity (Wildman–Crippen MR) is 80.8 cm³/mol. The predicted octanol–water partition coefficient (Wildman–Crippen LogP) is 1.05. The van der Waals surface area contributed by atoms with Crippen molar-refractivity contribution in [2.45, 2.75) is 30.3 Å². The Kier molecular flexibility index (Phi) is 4.79. The van der Waals surface area contributed by atoms with Gasteiger partial charge in [-0.25, -0.2) is 13.1 Å². The van der Waals surface area contributed by atoms with E-state index in [4.69, 9.17) is 22.1 Å². The zero-order valence-corrected chi connectivity index (χ0v) is 13.3. The summed E-state index contributed by atoms with van der Waals surface area (Å²) in [5.74, 6) is 0. The number of hydrogen-bond acceptors (Lipinski definition) is 5. The number of anilines is 1. The molecule has 1 fully saturated rings. The van der Waals surface area contributed by atoms with E-state index in [1.165, 1.54) is 12.1 Å². The van der Waals surface area contributed by atoms with Crippen LogP contribution >= 0.6 is 11.6 Å². The van der Waals surface area contributed by atoms with Crippen molar-refractivity contribution in [2.24, 2.45) is 0 Å². The molecule has 0 saturated carbocycles. The molecule has 0 amide bonds. The highest BCUT2D eigenvalue weighted by Crippen LogP contribution is 2.27. The van der Waals surface area contributed by atoms with E-state index in [9.17, 15) is 13.5 Å². The summed E-state index contributed by atoms with van der Waals surface area (Å²) in [6.45, 7) is 2.43. The molecule has 118 valence electrons. The van der Waals surface area contributed by atoms with Gasteiger partial charge in [0.15, 0.2) is 0 Å². The van der Waals surface area contributed by atoms with Crippen LogP contribution in [0.2, 0.25) is 5.02 Å². The zero-order valence-electron chi connectivity index (χ0n) is 11.7. The highest BCUT2D eigenvalue weighted by molar-refractivity contribution is 7.89. The lowest BCUT2D eigenvalue weighted by molar-refractivity contribution is -0.0588. The van der Waals surface area contributed by atoms with Gasteiger partial charge in [0, 0.05) is 32.6 Å². The summed E-state index contributed by atoms with van der Waals surface area (Å²) in [7, 11) is -3.76. The zero-order chi connectivity index (χ0) is 15.7. The third kappa shape index (κ3) is 3.87. The van der Waals surface area contributed by atoms with Crippen LogP contribution in [0.1, 0.15) is 18.4 Å². The number of sulfonamides is 1. The van der Waals surface area contributed by atoms with Crippen LogP contribution in [0, 0.1) is 6.92 Å². The molecule has 0 spiro atoms. The molecule has 0 unspecified atom stereocenters. The second-order valence-electron chi connectivity index (χ2n) is 5.30. The van der Waals surface area contributed by atoms with Gasteiger partial charge < -0.3 is 15.6 Å². The maximum Gasteiger partial charge on any atom is 0.241 e. The minimum atomic E-state index is -3.76. The molecule has 0 aliphatic carbocycles. The molecule has 0 atom stereocenters. The average Bonchev–Trinajstić information content (AvgIpc) is 2.42. The van der Waals surface area contributed by atoms with Crippen LogP contribution in [0.3, 0.4) is 0 Å². The molecule has 8 heteroatoms. The molecule has 1 aliphatic rings. The molecule has 1 aromatic carbocycles. The van der Waals surface area contributed by atoms with Crippen molar-refractivity contribution in [3.8, 4) is 0 Å². The maximum absolute atomic E-state index is 12.3. The van der Waals surface area contributed by atoms with E-state index in [0.29, 0.717) is 36.6 Å². The Bertz CT molecular complexity index is 627. The third-order valence-electron chi connectivity index (χ3n) is 3.60. The first kappa shape index (κ1) is 16.5. The summed E-state index contributed by atoms with van der Waals surface area (Å²) >= 11 is 5.86. The lowest BCUT2D eigenvalue weighted by Crippen LogP contribution is -2.46. The van der Waals surface area contributed by atoms with Gasteiger partial charge in [-0.05, 0) is 24.6 Å². The summed E-state index contributed by atoms with van der Waals surface area (Å²) in [6, 6.07) is 2.84. The monoisotopic (exact) mass is 334 g/mol. The highest BCUT2D eigenvalue weighted by Gasteiger charge is 2.31. The number of halogens is 1. The van der Waals surface area contributed by atoms with Gasteiger partial charge >= 0.3 is 0 Å². The van der Waals surface area contributed by atoms with Crippen LogP contribution in [-0.2, 0) is 14.8 Å². The van der Waals surface area contributed by atoms with E-state index < -0.39 is 15.6 Å². The fraction of sp³-hybridized carbons (Fsp3) is 0.538. The average molecular weight is 335 g/mol. The van der Waals surface area contributed by atoms with Gasteiger partial charge in [-0.15, -0.1) is 0 Å². The van der Waals surface area contributed by atoms with E-state index in [1.54, 1.807) is 6.92 Å². The molecule has 0 radical (unpaired) electrons. The number of benzene rings is 1. The molecule has 1 aromatic rings. The molecule has 4 N–H and O–H groups in total. The van der Waals surface area contributed by atoms with Gasteiger partial charge in [-0.2, -0.15) is 0 Å². The number of aliphatic hydroxyl groups is 1. The summed E-state index contributed by atoms with van der Waals surface area (Å²) in [4.78, 5) is 0.0695. The lowest BCUT2D eigenvalue weighted by Gasteiger charge is -2.32. The minimum absolute atomic E-state index is 0.0549. The van der Waals surface area contributed by atoms with E-state index in [-0.39, 0.29) is 17.1 Å². The molecule has 21 heavy (non-hydrogen) atoms. The van der Waals surface area contributed by atoms with Crippen molar-refractivity contribution in [1.82, 2.24) is 4.72 Å².